The van der Waals surface area contributed by atoms with Gasteiger partial charge in [-0.25, -0.2) is 0 Å². The molecule has 2 aliphatic rings. The maximum absolute atomic E-state index is 12.5. The van der Waals surface area contributed by atoms with Gasteiger partial charge in [0, 0.05) is 37.3 Å². The van der Waals surface area contributed by atoms with Gasteiger partial charge in [0.1, 0.15) is 5.75 Å². The van der Waals surface area contributed by atoms with Gasteiger partial charge in [-0.05, 0) is 49.9 Å². The number of nitrogens with one attached hydrogen (secondary N) is 1. The van der Waals surface area contributed by atoms with E-state index < -0.39 is 0 Å². The number of morpholine rings is 1. The molecule has 1 aromatic rings. The summed E-state index contributed by atoms with van der Waals surface area (Å²) in [6.45, 7) is 6.03. The van der Waals surface area contributed by atoms with Gasteiger partial charge in [0.25, 0.3) is 5.91 Å². The molecule has 0 unspecified atom stereocenters. The van der Waals surface area contributed by atoms with Crippen molar-refractivity contribution in [2.45, 2.75) is 44.9 Å². The van der Waals surface area contributed by atoms with E-state index in [2.05, 4.69) is 10.2 Å². The van der Waals surface area contributed by atoms with Crippen molar-refractivity contribution in [1.29, 1.82) is 0 Å². The van der Waals surface area contributed by atoms with Gasteiger partial charge in [-0.1, -0.05) is 0 Å². The highest BCUT2D eigenvalue weighted by atomic mass is 16.5. The SMILES string of the molecule is Cc1cc(C(=O)N[C@H]2C[C@H]3CO[C@@H](CCO)CN3C2)cc(C)c1O. The number of aliphatic hydroxyl groups is 1. The topological polar surface area (TPSA) is 82.0 Å². The van der Waals surface area contributed by atoms with Crippen LogP contribution in [-0.2, 0) is 4.74 Å². The number of rotatable bonds is 4. The quantitative estimate of drug-likeness (QED) is 0.764. The molecule has 2 saturated heterocycles. The van der Waals surface area contributed by atoms with Gasteiger partial charge in [0.05, 0.1) is 12.7 Å². The average Bonchev–Trinajstić information content (AvgIpc) is 2.93. The van der Waals surface area contributed by atoms with E-state index in [1.165, 1.54) is 0 Å². The molecule has 3 N–H and O–H groups in total. The van der Waals surface area contributed by atoms with E-state index in [0.29, 0.717) is 35.8 Å². The van der Waals surface area contributed by atoms with Gasteiger partial charge in [-0.15, -0.1) is 0 Å². The van der Waals surface area contributed by atoms with E-state index in [1.54, 1.807) is 26.0 Å². The van der Waals surface area contributed by atoms with Crippen LogP contribution in [0, 0.1) is 13.8 Å². The summed E-state index contributed by atoms with van der Waals surface area (Å²) >= 11 is 0. The Bertz CT molecular complexity index is 596. The Morgan fingerprint density at radius 1 is 1.33 bits per heavy atom. The van der Waals surface area contributed by atoms with Gasteiger partial charge in [-0.3, -0.25) is 9.69 Å². The highest BCUT2D eigenvalue weighted by molar-refractivity contribution is 5.95. The van der Waals surface area contributed by atoms with Crippen molar-refractivity contribution in [1.82, 2.24) is 10.2 Å². The summed E-state index contributed by atoms with van der Waals surface area (Å²) in [6, 6.07) is 3.89. The Morgan fingerprint density at radius 3 is 2.71 bits per heavy atom. The molecule has 0 radical (unpaired) electrons. The number of aliphatic hydroxyl groups excluding tert-OH is 1. The first kappa shape index (κ1) is 17.2. The first-order valence-corrected chi connectivity index (χ1v) is 8.55. The Balaban J connectivity index is 1.60. The van der Waals surface area contributed by atoms with Crippen LogP contribution in [0.2, 0.25) is 0 Å². The zero-order valence-corrected chi connectivity index (χ0v) is 14.3. The molecule has 0 aromatic heterocycles. The Morgan fingerprint density at radius 2 is 2.04 bits per heavy atom. The predicted octanol–water partition coefficient (Wildman–Crippen LogP) is 0.963. The van der Waals surface area contributed by atoms with E-state index in [-0.39, 0.29) is 30.4 Å². The number of nitrogens with zero attached hydrogens (tertiary/aromatic N) is 1. The van der Waals surface area contributed by atoms with Crippen LogP contribution in [0.25, 0.3) is 0 Å². The van der Waals surface area contributed by atoms with Crippen LogP contribution in [0.4, 0.5) is 0 Å². The van der Waals surface area contributed by atoms with Gasteiger partial charge >= 0.3 is 0 Å². The molecular formula is C18H26N2O4. The van der Waals surface area contributed by atoms with Crippen LogP contribution in [0.15, 0.2) is 12.1 Å². The monoisotopic (exact) mass is 334 g/mol. The molecule has 0 spiro atoms. The summed E-state index contributed by atoms with van der Waals surface area (Å²) in [5.41, 5.74) is 2.01. The fourth-order valence-corrected chi connectivity index (χ4v) is 3.72. The molecule has 3 rings (SSSR count). The Hall–Kier alpha value is -1.63. The number of aryl methyl sites for hydroxylation is 2. The van der Waals surface area contributed by atoms with Crippen LogP contribution in [0.5, 0.6) is 5.75 Å². The maximum Gasteiger partial charge on any atom is 0.251 e. The van der Waals surface area contributed by atoms with Crippen LogP contribution in [-0.4, -0.2) is 65.5 Å². The fraction of sp³-hybridized carbons (Fsp3) is 0.611. The second-order valence-corrected chi connectivity index (χ2v) is 6.94. The standard InChI is InChI=1S/C18H26N2O4/c1-11-5-13(6-12(2)17(11)22)18(23)19-14-7-15-10-24-16(3-4-21)9-20(15)8-14/h5-6,14-16,21-22H,3-4,7-10H2,1-2H3,(H,19,23)/t14-,15-,16-/m0/s1. The lowest BCUT2D eigenvalue weighted by Gasteiger charge is -2.34. The molecule has 24 heavy (non-hydrogen) atoms. The number of phenolic OH excluding ortho intramolecular Hbond substituents is 1. The highest BCUT2D eigenvalue weighted by Gasteiger charge is 2.37. The molecule has 3 atom stereocenters. The molecule has 1 amide bonds. The number of hydrogen-bond acceptors (Lipinski definition) is 5. The number of carbonyl (C=O) groups is 1. The van der Waals surface area contributed by atoms with Crippen molar-refractivity contribution in [3.63, 3.8) is 0 Å². The summed E-state index contributed by atoms with van der Waals surface area (Å²) in [7, 11) is 0. The summed E-state index contributed by atoms with van der Waals surface area (Å²) < 4.78 is 5.77. The predicted molar refractivity (Wildman–Crippen MR) is 90.3 cm³/mol. The van der Waals surface area contributed by atoms with Crippen molar-refractivity contribution >= 4 is 5.91 Å². The normalized spacial score (nSPS) is 27.0. The van der Waals surface area contributed by atoms with Crippen molar-refractivity contribution in [2.24, 2.45) is 0 Å². The zero-order valence-electron chi connectivity index (χ0n) is 14.3. The van der Waals surface area contributed by atoms with E-state index in [4.69, 9.17) is 9.84 Å². The van der Waals surface area contributed by atoms with Crippen molar-refractivity contribution in [3.8, 4) is 5.75 Å². The third-order valence-electron chi connectivity index (χ3n) is 5.03. The zero-order chi connectivity index (χ0) is 17.3. The highest BCUT2D eigenvalue weighted by Crippen LogP contribution is 2.26. The minimum absolute atomic E-state index is 0.0862. The average molecular weight is 334 g/mol. The van der Waals surface area contributed by atoms with Gasteiger partial charge in [-0.2, -0.15) is 0 Å². The van der Waals surface area contributed by atoms with Gasteiger partial charge in [0.15, 0.2) is 0 Å². The number of carbonyl (C=O) groups excluding carboxylic acids is 1. The lowest BCUT2D eigenvalue weighted by Crippen LogP contribution is -2.46. The molecular weight excluding hydrogens is 308 g/mol. The number of phenols is 1. The molecule has 1 aromatic carbocycles. The summed E-state index contributed by atoms with van der Waals surface area (Å²) in [4.78, 5) is 14.9. The third-order valence-corrected chi connectivity index (χ3v) is 5.03. The third kappa shape index (κ3) is 3.55. The smallest absolute Gasteiger partial charge is 0.251 e. The molecule has 132 valence electrons. The number of hydrogen-bond donors (Lipinski definition) is 3. The number of ether oxygens (including phenoxy) is 1. The molecule has 0 bridgehead atoms. The molecule has 2 aliphatic heterocycles. The van der Waals surface area contributed by atoms with E-state index in [9.17, 15) is 9.90 Å². The lowest BCUT2D eigenvalue weighted by molar-refractivity contribution is -0.0566. The Kier molecular flexibility index (Phi) is 5.08. The van der Waals surface area contributed by atoms with E-state index in [1.807, 2.05) is 0 Å². The molecule has 6 nitrogen and oxygen atoms in total. The van der Waals surface area contributed by atoms with Crippen molar-refractivity contribution in [3.05, 3.63) is 28.8 Å². The van der Waals surface area contributed by atoms with Gasteiger partial charge < -0.3 is 20.3 Å². The van der Waals surface area contributed by atoms with Crippen LogP contribution in [0.1, 0.15) is 34.3 Å². The van der Waals surface area contributed by atoms with Crippen LogP contribution >= 0.6 is 0 Å². The molecule has 0 aliphatic carbocycles. The van der Waals surface area contributed by atoms with Crippen LogP contribution < -0.4 is 5.32 Å². The summed E-state index contributed by atoms with van der Waals surface area (Å²) in [6.07, 6.45) is 1.63. The minimum atomic E-state index is -0.0983. The van der Waals surface area contributed by atoms with Crippen LogP contribution in [0.3, 0.4) is 0 Å². The summed E-state index contributed by atoms with van der Waals surface area (Å²) in [5, 5.41) is 22.0. The molecule has 6 heteroatoms. The summed E-state index contributed by atoms with van der Waals surface area (Å²) in [5.74, 6) is 0.149. The number of benzene rings is 1. The van der Waals surface area contributed by atoms with Crippen molar-refractivity contribution in [2.75, 3.05) is 26.3 Å². The first-order valence-electron chi connectivity index (χ1n) is 8.55. The second-order valence-electron chi connectivity index (χ2n) is 6.94. The molecule has 2 heterocycles. The van der Waals surface area contributed by atoms with E-state index in [0.717, 1.165) is 19.5 Å². The minimum Gasteiger partial charge on any atom is -0.507 e. The molecule has 0 saturated carbocycles. The number of fused-ring (bicyclic) bond motifs is 1. The number of aromatic hydroxyl groups is 1. The second kappa shape index (κ2) is 7.09. The number of amides is 1. The van der Waals surface area contributed by atoms with E-state index >= 15 is 0 Å². The fourth-order valence-electron chi connectivity index (χ4n) is 3.72. The largest absolute Gasteiger partial charge is 0.507 e. The first-order chi connectivity index (χ1) is 11.5. The maximum atomic E-state index is 12.5. The molecule has 2 fully saturated rings. The van der Waals surface area contributed by atoms with Crippen molar-refractivity contribution < 1.29 is 19.7 Å². The Labute approximate surface area is 142 Å². The lowest BCUT2D eigenvalue weighted by atomic mass is 10.0. The van der Waals surface area contributed by atoms with Gasteiger partial charge in [0.2, 0.25) is 0 Å².